The Morgan fingerprint density at radius 1 is 1.22 bits per heavy atom. The summed E-state index contributed by atoms with van der Waals surface area (Å²) in [5.41, 5.74) is 5.49. The summed E-state index contributed by atoms with van der Waals surface area (Å²) < 4.78 is 10.1. The molecule has 0 heterocycles. The summed E-state index contributed by atoms with van der Waals surface area (Å²) in [6.07, 6.45) is 0. The van der Waals surface area contributed by atoms with Crippen molar-refractivity contribution in [3.63, 3.8) is 0 Å². The number of nitrogens with two attached hydrogens (primary N) is 1. The van der Waals surface area contributed by atoms with Crippen molar-refractivity contribution in [2.45, 2.75) is 26.7 Å². The molecular weight excluding hydrogens is 118 g/mol. The van der Waals surface area contributed by atoms with Crippen LogP contribution in [0.1, 0.15) is 20.8 Å². The zero-order chi connectivity index (χ0) is 7.33. The first-order valence-corrected chi connectivity index (χ1v) is 3.19. The van der Waals surface area contributed by atoms with Crippen molar-refractivity contribution in [1.82, 2.24) is 0 Å². The highest BCUT2D eigenvalue weighted by molar-refractivity contribution is 4.48. The summed E-state index contributed by atoms with van der Waals surface area (Å²) >= 11 is 0. The van der Waals surface area contributed by atoms with Gasteiger partial charge in [0.25, 0.3) is 0 Å². The van der Waals surface area contributed by atoms with Gasteiger partial charge in [-0.2, -0.15) is 0 Å². The Bertz CT molecular complexity index is 65.5. The van der Waals surface area contributed by atoms with E-state index >= 15 is 0 Å². The van der Waals surface area contributed by atoms with Crippen LogP contribution >= 0.6 is 0 Å². The lowest BCUT2D eigenvalue weighted by Crippen LogP contribution is -2.42. The van der Waals surface area contributed by atoms with E-state index in [4.69, 9.17) is 15.2 Å². The molecule has 0 spiro atoms. The van der Waals surface area contributed by atoms with Gasteiger partial charge in [-0.25, -0.2) is 0 Å². The lowest BCUT2D eigenvalue weighted by Gasteiger charge is -2.23. The molecule has 0 aliphatic carbocycles. The third-order valence-electron chi connectivity index (χ3n) is 0.862. The number of rotatable bonds is 4. The molecule has 3 heteroatoms. The van der Waals surface area contributed by atoms with Gasteiger partial charge in [0.05, 0.1) is 0 Å². The molecule has 0 rings (SSSR count). The van der Waals surface area contributed by atoms with Crippen LogP contribution in [-0.2, 0) is 9.47 Å². The van der Waals surface area contributed by atoms with Crippen molar-refractivity contribution in [2.24, 2.45) is 5.73 Å². The molecule has 0 saturated carbocycles. The molecule has 0 aromatic heterocycles. The van der Waals surface area contributed by atoms with Gasteiger partial charge < -0.3 is 9.47 Å². The van der Waals surface area contributed by atoms with Gasteiger partial charge in [0, 0.05) is 20.1 Å². The van der Waals surface area contributed by atoms with E-state index < -0.39 is 5.91 Å². The van der Waals surface area contributed by atoms with E-state index in [9.17, 15) is 0 Å². The van der Waals surface area contributed by atoms with Crippen LogP contribution in [0.15, 0.2) is 0 Å². The van der Waals surface area contributed by atoms with Gasteiger partial charge in [-0.15, -0.1) is 0 Å². The maximum absolute atomic E-state index is 5.49. The Kier molecular flexibility index (Phi) is 3.77. The van der Waals surface area contributed by atoms with Gasteiger partial charge in [0.2, 0.25) is 5.91 Å². The lowest BCUT2D eigenvalue weighted by atomic mass is 10.6. The summed E-state index contributed by atoms with van der Waals surface area (Å²) in [4.78, 5) is 0. The van der Waals surface area contributed by atoms with Crippen molar-refractivity contribution in [3.05, 3.63) is 0 Å². The molecule has 0 aliphatic heterocycles. The van der Waals surface area contributed by atoms with Crippen LogP contribution in [0, 0.1) is 0 Å². The van der Waals surface area contributed by atoms with Gasteiger partial charge in [0.15, 0.2) is 0 Å². The quantitative estimate of drug-likeness (QED) is 0.574. The average Bonchev–Trinajstić information content (AvgIpc) is 1.64. The second-order valence-corrected chi connectivity index (χ2v) is 1.88. The van der Waals surface area contributed by atoms with Crippen molar-refractivity contribution < 1.29 is 9.47 Å². The smallest absolute Gasteiger partial charge is 0.221 e. The third kappa shape index (κ3) is 4.39. The van der Waals surface area contributed by atoms with Crippen molar-refractivity contribution in [3.8, 4) is 0 Å². The summed E-state index contributed by atoms with van der Waals surface area (Å²) in [7, 11) is 0. The molecule has 0 aliphatic rings. The Morgan fingerprint density at radius 2 is 1.56 bits per heavy atom. The summed E-state index contributed by atoms with van der Waals surface area (Å²) in [5, 5.41) is 0. The lowest BCUT2D eigenvalue weighted by molar-refractivity contribution is -0.216. The van der Waals surface area contributed by atoms with Crippen LogP contribution < -0.4 is 5.73 Å². The van der Waals surface area contributed by atoms with Crippen LogP contribution in [0.25, 0.3) is 0 Å². The highest BCUT2D eigenvalue weighted by atomic mass is 16.7. The van der Waals surface area contributed by atoms with Gasteiger partial charge in [-0.1, -0.05) is 0 Å². The molecule has 0 fully saturated rings. The third-order valence-corrected chi connectivity index (χ3v) is 0.862. The average molecular weight is 133 g/mol. The fraction of sp³-hybridized carbons (Fsp3) is 1.00. The largest absolute Gasteiger partial charge is 0.338 e. The standard InChI is InChI=1S/C6H15NO2/c1-4-8-6(3,7)9-5-2/h4-5,7H2,1-3H3. The van der Waals surface area contributed by atoms with Crippen LogP contribution in [0.2, 0.25) is 0 Å². The molecule has 0 aromatic carbocycles. The molecular formula is C6H15NO2. The number of ether oxygens (including phenoxy) is 2. The zero-order valence-electron chi connectivity index (χ0n) is 6.31. The van der Waals surface area contributed by atoms with Crippen LogP contribution in [0.3, 0.4) is 0 Å². The highest BCUT2D eigenvalue weighted by Gasteiger charge is 2.16. The second kappa shape index (κ2) is 3.82. The SMILES string of the molecule is CCOC(C)(N)OCC. The highest BCUT2D eigenvalue weighted by Crippen LogP contribution is 2.01. The van der Waals surface area contributed by atoms with E-state index in [0.717, 1.165) is 0 Å². The molecule has 0 atom stereocenters. The van der Waals surface area contributed by atoms with Crippen LogP contribution in [0.4, 0.5) is 0 Å². The zero-order valence-corrected chi connectivity index (χ0v) is 6.31. The predicted octanol–water partition coefficient (Wildman–Crippen LogP) is 0.692. The van der Waals surface area contributed by atoms with E-state index in [0.29, 0.717) is 13.2 Å². The van der Waals surface area contributed by atoms with Gasteiger partial charge >= 0.3 is 0 Å². The predicted molar refractivity (Wildman–Crippen MR) is 35.8 cm³/mol. The maximum Gasteiger partial charge on any atom is 0.221 e. The summed E-state index contributed by atoms with van der Waals surface area (Å²) in [5.74, 6) is -0.899. The molecule has 0 saturated heterocycles. The van der Waals surface area contributed by atoms with E-state index in [1.54, 1.807) is 6.92 Å². The van der Waals surface area contributed by atoms with Crippen molar-refractivity contribution in [2.75, 3.05) is 13.2 Å². The minimum Gasteiger partial charge on any atom is -0.338 e. The molecule has 0 unspecified atom stereocenters. The van der Waals surface area contributed by atoms with E-state index in [1.807, 2.05) is 13.8 Å². The minimum absolute atomic E-state index is 0.576. The summed E-state index contributed by atoms with van der Waals surface area (Å²) in [6, 6.07) is 0. The molecule has 0 bridgehead atoms. The van der Waals surface area contributed by atoms with E-state index in [1.165, 1.54) is 0 Å². The Morgan fingerprint density at radius 3 is 1.78 bits per heavy atom. The first kappa shape index (κ1) is 8.88. The molecule has 3 nitrogen and oxygen atoms in total. The number of hydrogen-bond donors (Lipinski definition) is 1. The molecule has 0 radical (unpaired) electrons. The molecule has 0 amide bonds. The van der Waals surface area contributed by atoms with E-state index in [-0.39, 0.29) is 0 Å². The fourth-order valence-corrected chi connectivity index (χ4v) is 0.615. The van der Waals surface area contributed by atoms with Gasteiger partial charge in [0.1, 0.15) is 0 Å². The topological polar surface area (TPSA) is 44.5 Å². The molecule has 9 heavy (non-hydrogen) atoms. The monoisotopic (exact) mass is 133 g/mol. The normalized spacial score (nSPS) is 12.0. The second-order valence-electron chi connectivity index (χ2n) is 1.88. The first-order valence-electron chi connectivity index (χ1n) is 3.19. The van der Waals surface area contributed by atoms with Crippen LogP contribution in [-0.4, -0.2) is 19.1 Å². The van der Waals surface area contributed by atoms with Crippen molar-refractivity contribution in [1.29, 1.82) is 0 Å². The fourth-order valence-electron chi connectivity index (χ4n) is 0.615. The Hall–Kier alpha value is -0.120. The molecule has 56 valence electrons. The van der Waals surface area contributed by atoms with Gasteiger partial charge in [-0.05, 0) is 13.8 Å². The van der Waals surface area contributed by atoms with Gasteiger partial charge in [-0.3, -0.25) is 5.73 Å². The minimum atomic E-state index is -0.899. The Balaban J connectivity index is 3.43. The van der Waals surface area contributed by atoms with Crippen molar-refractivity contribution >= 4 is 0 Å². The first-order chi connectivity index (χ1) is 4.12. The maximum atomic E-state index is 5.49. The van der Waals surface area contributed by atoms with E-state index in [2.05, 4.69) is 0 Å². The summed E-state index contributed by atoms with van der Waals surface area (Å²) in [6.45, 7) is 6.61. The molecule has 2 N–H and O–H groups in total. The Labute approximate surface area is 56.1 Å². The number of hydrogen-bond acceptors (Lipinski definition) is 3. The molecule has 0 aromatic rings. The van der Waals surface area contributed by atoms with Crippen LogP contribution in [0.5, 0.6) is 0 Å².